The van der Waals surface area contributed by atoms with Crippen LogP contribution in [-0.2, 0) is 4.79 Å². The largest absolute Gasteiger partial charge is 0.397 e. The molecule has 4 rings (SSSR count). The molecule has 168 valence electrons. The van der Waals surface area contributed by atoms with E-state index in [4.69, 9.17) is 5.73 Å². The normalized spacial score (nSPS) is 10.9. The van der Waals surface area contributed by atoms with Gasteiger partial charge in [-0.05, 0) is 59.2 Å². The van der Waals surface area contributed by atoms with Crippen LogP contribution >= 0.6 is 0 Å². The zero-order valence-electron chi connectivity index (χ0n) is 18.3. The molecule has 7 heteroatoms. The van der Waals surface area contributed by atoms with E-state index in [0.29, 0.717) is 16.9 Å². The number of hydrogen-bond donors (Lipinski definition) is 3. The van der Waals surface area contributed by atoms with E-state index in [9.17, 15) is 9.59 Å². The molecule has 0 aliphatic heterocycles. The zero-order valence-corrected chi connectivity index (χ0v) is 18.3. The van der Waals surface area contributed by atoms with Gasteiger partial charge < -0.3 is 16.4 Å². The van der Waals surface area contributed by atoms with Crippen LogP contribution in [0, 0.1) is 0 Å². The zero-order chi connectivity index (χ0) is 23.8. The molecule has 0 fully saturated rings. The molecule has 0 saturated carbocycles. The van der Waals surface area contributed by atoms with Gasteiger partial charge in [-0.15, -0.1) is 0 Å². The van der Waals surface area contributed by atoms with Crippen LogP contribution in [0.2, 0.25) is 0 Å². The number of nitrogens with one attached hydrogen (secondary N) is 2. The summed E-state index contributed by atoms with van der Waals surface area (Å²) in [5.41, 5.74) is 9.91. The van der Waals surface area contributed by atoms with E-state index in [1.54, 1.807) is 79.4 Å². The van der Waals surface area contributed by atoms with Crippen molar-refractivity contribution in [1.29, 1.82) is 0 Å². The van der Waals surface area contributed by atoms with E-state index < -0.39 is 0 Å². The van der Waals surface area contributed by atoms with Crippen LogP contribution in [0.25, 0.3) is 6.08 Å². The lowest BCUT2D eigenvalue weighted by Crippen LogP contribution is -2.27. The fraction of sp³-hybridized carbons (Fsp3) is 0.0370. The van der Waals surface area contributed by atoms with Crippen LogP contribution in [-0.4, -0.2) is 21.8 Å². The Kier molecular flexibility index (Phi) is 7.05. The fourth-order valence-corrected chi connectivity index (χ4v) is 3.37. The van der Waals surface area contributed by atoms with Crippen LogP contribution in [0.5, 0.6) is 0 Å². The van der Waals surface area contributed by atoms with Gasteiger partial charge in [0.2, 0.25) is 5.91 Å². The SMILES string of the molecule is Nc1ccccc1NC(=O)c1ccc(C=CC(=O)NC(c2cccnc2)c2cccnc2)cc1. The quantitative estimate of drug-likeness (QED) is 0.289. The van der Waals surface area contributed by atoms with Crippen molar-refractivity contribution < 1.29 is 9.59 Å². The van der Waals surface area contributed by atoms with Gasteiger partial charge >= 0.3 is 0 Å². The monoisotopic (exact) mass is 449 g/mol. The lowest BCUT2D eigenvalue weighted by atomic mass is 10.0. The van der Waals surface area contributed by atoms with Crippen molar-refractivity contribution in [2.75, 3.05) is 11.1 Å². The topological polar surface area (TPSA) is 110 Å². The van der Waals surface area contributed by atoms with Gasteiger partial charge in [0.05, 0.1) is 17.4 Å². The number of pyridine rings is 2. The Hall–Kier alpha value is -4.78. The van der Waals surface area contributed by atoms with E-state index in [-0.39, 0.29) is 17.9 Å². The molecule has 4 N–H and O–H groups in total. The highest BCUT2D eigenvalue weighted by atomic mass is 16.2. The number of aromatic nitrogens is 2. The van der Waals surface area contributed by atoms with Gasteiger partial charge in [-0.3, -0.25) is 19.6 Å². The van der Waals surface area contributed by atoms with Gasteiger partial charge in [0, 0.05) is 36.4 Å². The first-order valence-corrected chi connectivity index (χ1v) is 10.6. The number of nitrogen functional groups attached to an aromatic ring is 1. The summed E-state index contributed by atoms with van der Waals surface area (Å²) in [6.45, 7) is 0. The van der Waals surface area contributed by atoms with Crippen molar-refractivity contribution >= 4 is 29.3 Å². The summed E-state index contributed by atoms with van der Waals surface area (Å²) in [4.78, 5) is 33.5. The van der Waals surface area contributed by atoms with Crippen LogP contribution < -0.4 is 16.4 Å². The Morgan fingerprint density at radius 1 is 0.824 bits per heavy atom. The van der Waals surface area contributed by atoms with Crippen molar-refractivity contribution in [3.63, 3.8) is 0 Å². The number of nitrogens with two attached hydrogens (primary N) is 1. The van der Waals surface area contributed by atoms with E-state index >= 15 is 0 Å². The minimum atomic E-state index is -0.379. The second kappa shape index (κ2) is 10.7. The van der Waals surface area contributed by atoms with Gasteiger partial charge in [0.1, 0.15) is 0 Å². The van der Waals surface area contributed by atoms with Crippen molar-refractivity contribution in [3.05, 3.63) is 126 Å². The van der Waals surface area contributed by atoms with E-state index in [2.05, 4.69) is 20.6 Å². The van der Waals surface area contributed by atoms with Crippen LogP contribution in [0.3, 0.4) is 0 Å². The molecule has 4 aromatic rings. The van der Waals surface area contributed by atoms with Gasteiger partial charge in [-0.1, -0.05) is 36.4 Å². The number of carbonyl (C=O) groups is 2. The summed E-state index contributed by atoms with van der Waals surface area (Å²) < 4.78 is 0. The molecular formula is C27H23N5O2. The molecule has 0 aliphatic carbocycles. The summed E-state index contributed by atoms with van der Waals surface area (Å²) in [7, 11) is 0. The standard InChI is InChI=1S/C27H23N5O2/c28-23-7-1-2-8-24(23)31-27(34)20-12-9-19(10-13-20)11-14-25(33)32-26(21-5-3-15-29-17-21)22-6-4-16-30-18-22/h1-18,26H,28H2,(H,31,34)(H,32,33). The molecule has 2 aromatic heterocycles. The third-order valence-corrected chi connectivity index (χ3v) is 5.13. The summed E-state index contributed by atoms with van der Waals surface area (Å²) in [5, 5.41) is 5.79. The average Bonchev–Trinajstić information content (AvgIpc) is 2.88. The fourth-order valence-electron chi connectivity index (χ4n) is 3.37. The summed E-state index contributed by atoms with van der Waals surface area (Å²) in [5.74, 6) is -0.527. The lowest BCUT2D eigenvalue weighted by Gasteiger charge is -2.18. The van der Waals surface area contributed by atoms with E-state index in [0.717, 1.165) is 16.7 Å². The first-order chi connectivity index (χ1) is 16.6. The van der Waals surface area contributed by atoms with E-state index in [1.807, 2.05) is 24.3 Å². The van der Waals surface area contributed by atoms with Crippen LogP contribution in [0.1, 0.15) is 33.1 Å². The van der Waals surface area contributed by atoms with Crippen molar-refractivity contribution in [2.24, 2.45) is 0 Å². The lowest BCUT2D eigenvalue weighted by molar-refractivity contribution is -0.116. The van der Waals surface area contributed by atoms with Gasteiger partial charge in [0.15, 0.2) is 0 Å². The number of benzene rings is 2. The maximum Gasteiger partial charge on any atom is 0.255 e. The van der Waals surface area contributed by atoms with Gasteiger partial charge in [-0.25, -0.2) is 0 Å². The third kappa shape index (κ3) is 5.72. The maximum absolute atomic E-state index is 12.7. The summed E-state index contributed by atoms with van der Waals surface area (Å²) in [6, 6.07) is 21.1. The number of hydrogen-bond acceptors (Lipinski definition) is 5. The van der Waals surface area contributed by atoms with Crippen molar-refractivity contribution in [3.8, 4) is 0 Å². The Morgan fingerprint density at radius 2 is 1.47 bits per heavy atom. The minimum absolute atomic E-state index is 0.262. The second-order valence-corrected chi connectivity index (χ2v) is 7.51. The highest BCUT2D eigenvalue weighted by Crippen LogP contribution is 2.21. The molecule has 0 atom stereocenters. The Labute approximate surface area is 197 Å². The predicted octanol–water partition coefficient (Wildman–Crippen LogP) is 4.23. The number of amides is 2. The molecule has 2 amide bonds. The number of carbonyl (C=O) groups excluding carboxylic acids is 2. The third-order valence-electron chi connectivity index (χ3n) is 5.13. The van der Waals surface area contributed by atoms with Gasteiger partial charge in [-0.2, -0.15) is 0 Å². The number of rotatable bonds is 7. The Bertz CT molecular complexity index is 1250. The molecule has 34 heavy (non-hydrogen) atoms. The second-order valence-electron chi connectivity index (χ2n) is 7.51. The van der Waals surface area contributed by atoms with Crippen LogP contribution in [0.4, 0.5) is 11.4 Å². The smallest absolute Gasteiger partial charge is 0.255 e. The first kappa shape index (κ1) is 22.4. The van der Waals surface area contributed by atoms with Gasteiger partial charge in [0.25, 0.3) is 5.91 Å². The highest BCUT2D eigenvalue weighted by molar-refractivity contribution is 6.05. The van der Waals surface area contributed by atoms with Crippen LogP contribution in [0.15, 0.2) is 104 Å². The van der Waals surface area contributed by atoms with Crippen molar-refractivity contribution in [1.82, 2.24) is 15.3 Å². The molecule has 7 nitrogen and oxygen atoms in total. The highest BCUT2D eigenvalue weighted by Gasteiger charge is 2.16. The molecule has 0 radical (unpaired) electrons. The summed E-state index contributed by atoms with van der Waals surface area (Å²) in [6.07, 6.45) is 9.95. The molecule has 0 spiro atoms. The van der Waals surface area contributed by atoms with Crippen molar-refractivity contribution in [2.45, 2.75) is 6.04 Å². The average molecular weight is 450 g/mol. The molecule has 0 bridgehead atoms. The summed E-state index contributed by atoms with van der Waals surface area (Å²) >= 11 is 0. The Morgan fingerprint density at radius 3 is 2.06 bits per heavy atom. The minimum Gasteiger partial charge on any atom is -0.397 e. The number of anilines is 2. The number of nitrogens with zero attached hydrogens (tertiary/aromatic N) is 2. The molecule has 2 heterocycles. The Balaban J connectivity index is 1.42. The molecule has 0 saturated heterocycles. The molecule has 0 unspecified atom stereocenters. The maximum atomic E-state index is 12.7. The van der Waals surface area contributed by atoms with E-state index in [1.165, 1.54) is 6.08 Å². The first-order valence-electron chi connectivity index (χ1n) is 10.6. The molecule has 0 aliphatic rings. The molecular weight excluding hydrogens is 426 g/mol. The number of para-hydroxylation sites is 2. The molecule has 2 aromatic carbocycles. The predicted molar refractivity (Wildman–Crippen MR) is 133 cm³/mol.